The molecule has 280 valence electrons. The zero-order valence-electron chi connectivity index (χ0n) is 29.8. The molecule has 1 unspecified atom stereocenters. The van der Waals surface area contributed by atoms with Crippen molar-refractivity contribution in [3.63, 3.8) is 0 Å². The molecule has 2 aliphatic heterocycles. The molecule has 13 heteroatoms. The number of imide groups is 2. The second-order valence-corrected chi connectivity index (χ2v) is 13.9. The summed E-state index contributed by atoms with van der Waals surface area (Å²) in [6, 6.07) is 17.5. The number of piperidine rings is 1. The van der Waals surface area contributed by atoms with E-state index in [1.54, 1.807) is 54.7 Å². The fourth-order valence-corrected chi connectivity index (χ4v) is 7.67. The number of rotatable bonds is 13. The highest BCUT2D eigenvalue weighted by Crippen LogP contribution is 2.41. The van der Waals surface area contributed by atoms with Gasteiger partial charge >= 0.3 is 0 Å². The summed E-state index contributed by atoms with van der Waals surface area (Å²) >= 11 is 0. The van der Waals surface area contributed by atoms with E-state index < -0.39 is 29.7 Å². The molecule has 0 spiro atoms. The number of hydrogen-bond donors (Lipinski definition) is 2. The van der Waals surface area contributed by atoms with E-state index in [-0.39, 0.29) is 79.7 Å². The van der Waals surface area contributed by atoms with E-state index in [2.05, 4.69) is 15.6 Å². The molecule has 3 aliphatic rings. The van der Waals surface area contributed by atoms with Gasteiger partial charge in [-0.3, -0.25) is 39.2 Å². The number of halogens is 1. The third kappa shape index (κ3) is 7.81. The standard InChI is InChI=1S/C41H41FN4O8/c1-24(25-5-7-26(8-6-25)30-17-18-43-33-14-9-27(42)23-32(30)33)38(48)44-28-10-12-29(13-11-28)53-21-19-52-20-22-54-35-4-2-3-31-37(35)41(51)46(40(31)50)34-15-16-36(47)45-39(34)49/h2-4,9-14,17-18,23-26,34H,5-8,15-16,19-22H2,1H3,(H,44,48)(H,45,47,49)/t24-,25-,26+,34?/m1/s1. The Balaban J connectivity index is 0.810. The van der Waals surface area contributed by atoms with Crippen molar-refractivity contribution in [2.45, 2.75) is 57.4 Å². The highest BCUT2D eigenvalue weighted by atomic mass is 19.1. The zero-order chi connectivity index (χ0) is 37.8. The minimum absolute atomic E-state index is 0.0257. The summed E-state index contributed by atoms with van der Waals surface area (Å²) in [6.45, 7) is 2.81. The molecule has 2 fully saturated rings. The van der Waals surface area contributed by atoms with Gasteiger partial charge < -0.3 is 19.5 Å². The van der Waals surface area contributed by atoms with Crippen LogP contribution in [0.25, 0.3) is 10.9 Å². The summed E-state index contributed by atoms with van der Waals surface area (Å²) in [4.78, 5) is 68.5. The topological polar surface area (TPSA) is 153 Å². The minimum atomic E-state index is -1.05. The van der Waals surface area contributed by atoms with Crippen LogP contribution in [0.3, 0.4) is 0 Å². The highest BCUT2D eigenvalue weighted by Gasteiger charge is 2.46. The van der Waals surface area contributed by atoms with E-state index in [4.69, 9.17) is 14.2 Å². The molecule has 54 heavy (non-hydrogen) atoms. The second kappa shape index (κ2) is 16.1. The maximum Gasteiger partial charge on any atom is 0.266 e. The smallest absolute Gasteiger partial charge is 0.266 e. The van der Waals surface area contributed by atoms with E-state index in [9.17, 15) is 28.4 Å². The van der Waals surface area contributed by atoms with Gasteiger partial charge in [-0.1, -0.05) is 13.0 Å². The van der Waals surface area contributed by atoms with Gasteiger partial charge in [0.05, 0.1) is 29.9 Å². The first kappa shape index (κ1) is 36.7. The summed E-state index contributed by atoms with van der Waals surface area (Å²) in [7, 11) is 0. The lowest BCUT2D eigenvalue weighted by atomic mass is 9.73. The van der Waals surface area contributed by atoms with E-state index in [0.29, 0.717) is 17.4 Å². The molecule has 2 N–H and O–H groups in total. The SMILES string of the molecule is C[C@@H](C(=O)Nc1ccc(OCCOCCOc2cccc3c2C(=O)N(C2CCC(=O)NC2=O)C3=O)cc1)[C@H]1CC[C@@H](c2ccnc3ccc(F)cc32)CC1. The summed E-state index contributed by atoms with van der Waals surface area (Å²) in [5.41, 5.74) is 2.84. The summed E-state index contributed by atoms with van der Waals surface area (Å²) in [5.74, 6) is -1.39. The second-order valence-electron chi connectivity index (χ2n) is 13.9. The fraction of sp³-hybridized carbons (Fsp3) is 0.366. The van der Waals surface area contributed by atoms with Crippen LogP contribution < -0.4 is 20.1 Å². The Morgan fingerprint density at radius 2 is 1.67 bits per heavy atom. The Labute approximate surface area is 311 Å². The van der Waals surface area contributed by atoms with E-state index in [0.717, 1.165) is 47.0 Å². The lowest BCUT2D eigenvalue weighted by molar-refractivity contribution is -0.136. The van der Waals surface area contributed by atoms with Crippen molar-refractivity contribution in [3.05, 3.63) is 95.4 Å². The Morgan fingerprint density at radius 1 is 0.907 bits per heavy atom. The molecule has 1 saturated carbocycles. The number of pyridine rings is 1. The molecule has 1 saturated heterocycles. The third-order valence-electron chi connectivity index (χ3n) is 10.6. The maximum absolute atomic E-state index is 14.0. The number of aromatic nitrogens is 1. The first-order valence-electron chi connectivity index (χ1n) is 18.3. The average molecular weight is 737 g/mol. The molecule has 4 aromatic rings. The van der Waals surface area contributed by atoms with Gasteiger partial charge in [0.25, 0.3) is 11.8 Å². The van der Waals surface area contributed by atoms with Crippen LogP contribution in [0.15, 0.2) is 72.9 Å². The normalized spacial score (nSPS) is 20.4. The van der Waals surface area contributed by atoms with Gasteiger partial charge in [0.1, 0.15) is 36.6 Å². The fourth-order valence-electron chi connectivity index (χ4n) is 7.67. The van der Waals surface area contributed by atoms with Crippen molar-refractivity contribution in [2.75, 3.05) is 31.7 Å². The monoisotopic (exact) mass is 736 g/mol. The van der Waals surface area contributed by atoms with Gasteiger partial charge in [-0.05, 0) is 110 Å². The molecule has 0 radical (unpaired) electrons. The average Bonchev–Trinajstić information content (AvgIpc) is 3.43. The van der Waals surface area contributed by atoms with Gasteiger partial charge in [-0.25, -0.2) is 4.39 Å². The molecule has 7 rings (SSSR count). The number of hydrogen-bond acceptors (Lipinski definition) is 9. The van der Waals surface area contributed by atoms with Crippen LogP contribution in [0.4, 0.5) is 10.1 Å². The largest absolute Gasteiger partial charge is 0.491 e. The Bertz CT molecular complexity index is 2080. The van der Waals surface area contributed by atoms with E-state index in [1.165, 1.54) is 12.1 Å². The van der Waals surface area contributed by atoms with Gasteiger partial charge in [-0.2, -0.15) is 0 Å². The van der Waals surface area contributed by atoms with Crippen LogP contribution in [-0.2, 0) is 19.1 Å². The molecule has 0 bridgehead atoms. The third-order valence-corrected chi connectivity index (χ3v) is 10.6. The number of carbonyl (C=O) groups excluding carboxylic acids is 5. The molecule has 3 aromatic carbocycles. The van der Waals surface area contributed by atoms with Crippen LogP contribution in [0, 0.1) is 17.7 Å². The lowest BCUT2D eigenvalue weighted by Crippen LogP contribution is -2.54. The molecule has 1 aliphatic carbocycles. The molecular formula is C41H41FN4O8. The van der Waals surface area contributed by atoms with Crippen molar-refractivity contribution in [3.8, 4) is 11.5 Å². The molecule has 2 atom stereocenters. The predicted octanol–water partition coefficient (Wildman–Crippen LogP) is 5.80. The van der Waals surface area contributed by atoms with Crippen LogP contribution in [-0.4, -0.2) is 71.9 Å². The number of benzene rings is 3. The van der Waals surface area contributed by atoms with Gasteiger partial charge in [0, 0.05) is 29.6 Å². The minimum Gasteiger partial charge on any atom is -0.491 e. The number of fused-ring (bicyclic) bond motifs is 2. The number of ether oxygens (including phenoxy) is 3. The van der Waals surface area contributed by atoms with Gasteiger partial charge in [0.15, 0.2) is 0 Å². The van der Waals surface area contributed by atoms with Crippen molar-refractivity contribution in [1.29, 1.82) is 0 Å². The van der Waals surface area contributed by atoms with Crippen molar-refractivity contribution in [2.24, 2.45) is 11.8 Å². The molecular weight excluding hydrogens is 695 g/mol. The van der Waals surface area contributed by atoms with E-state index in [1.807, 2.05) is 13.0 Å². The van der Waals surface area contributed by atoms with Crippen molar-refractivity contribution >= 4 is 46.1 Å². The Hall–Kier alpha value is -5.69. The first-order chi connectivity index (χ1) is 26.2. The number of nitrogens with zero attached hydrogens (tertiary/aromatic N) is 2. The summed E-state index contributed by atoms with van der Waals surface area (Å²) in [5, 5.41) is 6.08. The van der Waals surface area contributed by atoms with Crippen LogP contribution in [0.1, 0.15) is 77.6 Å². The summed E-state index contributed by atoms with van der Waals surface area (Å²) < 4.78 is 31.2. The zero-order valence-corrected chi connectivity index (χ0v) is 29.8. The number of amides is 5. The van der Waals surface area contributed by atoms with Crippen molar-refractivity contribution < 1.29 is 42.6 Å². The first-order valence-corrected chi connectivity index (χ1v) is 18.3. The van der Waals surface area contributed by atoms with Crippen LogP contribution in [0.5, 0.6) is 11.5 Å². The predicted molar refractivity (Wildman–Crippen MR) is 196 cm³/mol. The molecule has 12 nitrogen and oxygen atoms in total. The summed E-state index contributed by atoms with van der Waals surface area (Å²) in [6.07, 6.45) is 5.61. The van der Waals surface area contributed by atoms with Gasteiger partial charge in [0.2, 0.25) is 17.7 Å². The molecule has 5 amide bonds. The van der Waals surface area contributed by atoms with Crippen LogP contribution in [0.2, 0.25) is 0 Å². The number of carbonyl (C=O) groups is 5. The molecule has 1 aromatic heterocycles. The lowest BCUT2D eigenvalue weighted by Gasteiger charge is -2.32. The van der Waals surface area contributed by atoms with Gasteiger partial charge in [-0.15, -0.1) is 0 Å². The Morgan fingerprint density at radius 3 is 2.43 bits per heavy atom. The van der Waals surface area contributed by atoms with Crippen LogP contribution >= 0.6 is 0 Å². The van der Waals surface area contributed by atoms with Crippen molar-refractivity contribution in [1.82, 2.24) is 15.2 Å². The Kier molecular flexibility index (Phi) is 11.0. The maximum atomic E-state index is 14.0. The number of nitrogens with one attached hydrogen (secondary N) is 2. The number of anilines is 1. The van der Waals surface area contributed by atoms with E-state index >= 15 is 0 Å². The highest BCUT2D eigenvalue weighted by molar-refractivity contribution is 6.24. The molecule has 3 heterocycles. The quantitative estimate of drug-likeness (QED) is 0.128.